The second kappa shape index (κ2) is 6.16. The fraction of sp³-hybridized carbons (Fsp3) is 0.462. The third-order valence-corrected chi connectivity index (χ3v) is 2.69. The number of carbonyl (C=O) groups is 1. The van der Waals surface area contributed by atoms with E-state index in [2.05, 4.69) is 6.92 Å². The van der Waals surface area contributed by atoms with Crippen LogP contribution in [0.25, 0.3) is 0 Å². The number of aliphatic carboxylic acids is 1. The zero-order valence-electron chi connectivity index (χ0n) is 9.77. The van der Waals surface area contributed by atoms with Crippen LogP contribution in [0.4, 0.5) is 0 Å². The minimum Gasteiger partial charge on any atom is -0.497 e. The summed E-state index contributed by atoms with van der Waals surface area (Å²) in [6.45, 7) is 2.11. The zero-order chi connectivity index (χ0) is 12.0. The lowest BCUT2D eigenvalue weighted by atomic mass is 9.95. The first-order chi connectivity index (χ1) is 7.63. The van der Waals surface area contributed by atoms with Crippen molar-refractivity contribution in [1.82, 2.24) is 0 Å². The van der Waals surface area contributed by atoms with Gasteiger partial charge in [0.2, 0.25) is 0 Å². The summed E-state index contributed by atoms with van der Waals surface area (Å²) >= 11 is 0. The number of benzene rings is 1. The summed E-state index contributed by atoms with van der Waals surface area (Å²) in [5.41, 5.74) is 1.20. The number of ether oxygens (including phenoxy) is 1. The Morgan fingerprint density at radius 2 is 2.25 bits per heavy atom. The Hall–Kier alpha value is -1.51. The van der Waals surface area contributed by atoms with E-state index in [4.69, 9.17) is 9.84 Å². The van der Waals surface area contributed by atoms with Gasteiger partial charge in [0.1, 0.15) is 5.75 Å². The van der Waals surface area contributed by atoms with Gasteiger partial charge >= 0.3 is 5.97 Å². The normalized spacial score (nSPS) is 12.1. The molecule has 0 aliphatic heterocycles. The van der Waals surface area contributed by atoms with Gasteiger partial charge in [0.05, 0.1) is 7.11 Å². The predicted molar refractivity (Wildman–Crippen MR) is 62.9 cm³/mol. The van der Waals surface area contributed by atoms with Gasteiger partial charge in [-0.15, -0.1) is 0 Å². The van der Waals surface area contributed by atoms with Crippen molar-refractivity contribution in [3.63, 3.8) is 0 Å². The van der Waals surface area contributed by atoms with Crippen LogP contribution >= 0.6 is 0 Å². The van der Waals surface area contributed by atoms with Crippen LogP contribution in [-0.4, -0.2) is 18.2 Å². The molecule has 0 heterocycles. The lowest BCUT2D eigenvalue weighted by molar-refractivity contribution is -0.137. The summed E-state index contributed by atoms with van der Waals surface area (Å²) in [6, 6.07) is 7.93. The van der Waals surface area contributed by atoms with Crippen LogP contribution in [0.15, 0.2) is 24.3 Å². The van der Waals surface area contributed by atoms with Crippen LogP contribution in [0.1, 0.15) is 37.7 Å². The highest BCUT2D eigenvalue weighted by Gasteiger charge is 2.07. The largest absolute Gasteiger partial charge is 0.497 e. The molecular weight excluding hydrogens is 204 g/mol. The number of rotatable bonds is 6. The molecule has 1 rings (SSSR count). The van der Waals surface area contributed by atoms with E-state index in [9.17, 15) is 4.79 Å². The Kier molecular flexibility index (Phi) is 4.83. The minimum atomic E-state index is -0.724. The smallest absolute Gasteiger partial charge is 0.303 e. The lowest BCUT2D eigenvalue weighted by Crippen LogP contribution is -1.98. The molecule has 0 aromatic heterocycles. The molecule has 88 valence electrons. The van der Waals surface area contributed by atoms with Gasteiger partial charge in [-0.3, -0.25) is 4.79 Å². The molecule has 0 aliphatic rings. The molecule has 1 N–H and O–H groups in total. The number of carboxylic acid groups (broad SMARTS) is 1. The van der Waals surface area contributed by atoms with E-state index in [1.165, 1.54) is 5.56 Å². The molecule has 0 saturated heterocycles. The average Bonchev–Trinajstić information content (AvgIpc) is 2.28. The molecule has 16 heavy (non-hydrogen) atoms. The van der Waals surface area contributed by atoms with Gasteiger partial charge in [-0.2, -0.15) is 0 Å². The van der Waals surface area contributed by atoms with Crippen molar-refractivity contribution in [2.24, 2.45) is 0 Å². The van der Waals surface area contributed by atoms with Crippen molar-refractivity contribution in [3.05, 3.63) is 29.8 Å². The summed E-state index contributed by atoms with van der Waals surface area (Å²) in [5.74, 6) is 0.495. The topological polar surface area (TPSA) is 46.5 Å². The summed E-state index contributed by atoms with van der Waals surface area (Å²) in [5, 5.41) is 8.56. The number of hydrogen-bond acceptors (Lipinski definition) is 2. The van der Waals surface area contributed by atoms with Crippen molar-refractivity contribution in [1.29, 1.82) is 0 Å². The van der Waals surface area contributed by atoms with Crippen LogP contribution < -0.4 is 4.74 Å². The van der Waals surface area contributed by atoms with Gasteiger partial charge < -0.3 is 9.84 Å². The maximum atomic E-state index is 10.4. The van der Waals surface area contributed by atoms with E-state index in [1.807, 2.05) is 24.3 Å². The van der Waals surface area contributed by atoms with Crippen molar-refractivity contribution in [3.8, 4) is 5.75 Å². The molecule has 0 saturated carbocycles. The Balaban J connectivity index is 2.51. The molecular formula is C13H18O3. The molecule has 1 atom stereocenters. The third kappa shape index (κ3) is 3.93. The Bertz CT molecular complexity index is 347. The molecule has 3 heteroatoms. The number of carboxylic acids is 1. The van der Waals surface area contributed by atoms with E-state index in [-0.39, 0.29) is 6.42 Å². The van der Waals surface area contributed by atoms with E-state index in [0.717, 1.165) is 12.2 Å². The molecule has 0 spiro atoms. The van der Waals surface area contributed by atoms with E-state index in [0.29, 0.717) is 12.3 Å². The standard InChI is InChI=1S/C13H18O3/c1-10(5-3-8-13(14)15)11-6-4-7-12(9-11)16-2/h4,6-7,9-10H,3,5,8H2,1-2H3,(H,14,15). The third-order valence-electron chi connectivity index (χ3n) is 2.69. The zero-order valence-corrected chi connectivity index (χ0v) is 9.77. The van der Waals surface area contributed by atoms with Crippen LogP contribution in [-0.2, 0) is 4.79 Å². The molecule has 0 fully saturated rings. The molecule has 1 aromatic carbocycles. The molecule has 0 amide bonds. The quantitative estimate of drug-likeness (QED) is 0.804. The first-order valence-corrected chi connectivity index (χ1v) is 5.49. The second-order valence-electron chi connectivity index (χ2n) is 3.96. The van der Waals surface area contributed by atoms with Crippen molar-refractivity contribution in [2.75, 3.05) is 7.11 Å². The molecule has 0 radical (unpaired) electrons. The minimum absolute atomic E-state index is 0.244. The first-order valence-electron chi connectivity index (χ1n) is 5.49. The van der Waals surface area contributed by atoms with Crippen LogP contribution in [0, 0.1) is 0 Å². The van der Waals surface area contributed by atoms with Crippen molar-refractivity contribution < 1.29 is 14.6 Å². The molecule has 1 unspecified atom stereocenters. The second-order valence-corrected chi connectivity index (χ2v) is 3.96. The van der Waals surface area contributed by atoms with E-state index >= 15 is 0 Å². The van der Waals surface area contributed by atoms with Gasteiger partial charge in [-0.25, -0.2) is 0 Å². The van der Waals surface area contributed by atoms with Crippen LogP contribution in [0.5, 0.6) is 5.75 Å². The van der Waals surface area contributed by atoms with Crippen molar-refractivity contribution in [2.45, 2.75) is 32.1 Å². The van der Waals surface area contributed by atoms with Gasteiger partial charge in [0.15, 0.2) is 0 Å². The Morgan fingerprint density at radius 1 is 1.50 bits per heavy atom. The highest BCUT2D eigenvalue weighted by Crippen LogP contribution is 2.24. The SMILES string of the molecule is COc1cccc(C(C)CCCC(=O)O)c1. The monoisotopic (exact) mass is 222 g/mol. The summed E-state index contributed by atoms with van der Waals surface area (Å²) in [4.78, 5) is 10.4. The van der Waals surface area contributed by atoms with Gasteiger partial charge in [0, 0.05) is 6.42 Å². The number of hydrogen-bond donors (Lipinski definition) is 1. The Morgan fingerprint density at radius 3 is 2.88 bits per heavy atom. The maximum absolute atomic E-state index is 10.4. The molecule has 0 aliphatic carbocycles. The fourth-order valence-electron chi connectivity index (χ4n) is 1.67. The lowest BCUT2D eigenvalue weighted by Gasteiger charge is -2.12. The summed E-state index contributed by atoms with van der Waals surface area (Å²) < 4.78 is 5.15. The van der Waals surface area contributed by atoms with Gasteiger partial charge in [-0.1, -0.05) is 19.1 Å². The highest BCUT2D eigenvalue weighted by molar-refractivity contribution is 5.66. The van der Waals surface area contributed by atoms with Crippen LogP contribution in [0.3, 0.4) is 0 Å². The number of methoxy groups -OCH3 is 1. The maximum Gasteiger partial charge on any atom is 0.303 e. The summed E-state index contributed by atoms with van der Waals surface area (Å²) in [7, 11) is 1.65. The van der Waals surface area contributed by atoms with E-state index in [1.54, 1.807) is 7.11 Å². The summed E-state index contributed by atoms with van der Waals surface area (Å²) in [6.07, 6.45) is 1.85. The van der Waals surface area contributed by atoms with Gasteiger partial charge in [-0.05, 0) is 36.5 Å². The van der Waals surface area contributed by atoms with Crippen LogP contribution in [0.2, 0.25) is 0 Å². The fourth-order valence-corrected chi connectivity index (χ4v) is 1.67. The van der Waals surface area contributed by atoms with E-state index < -0.39 is 5.97 Å². The average molecular weight is 222 g/mol. The molecule has 0 bridgehead atoms. The Labute approximate surface area is 96.1 Å². The highest BCUT2D eigenvalue weighted by atomic mass is 16.5. The first kappa shape index (κ1) is 12.6. The van der Waals surface area contributed by atoms with Gasteiger partial charge in [0.25, 0.3) is 0 Å². The predicted octanol–water partition coefficient (Wildman–Crippen LogP) is 3.05. The molecule has 3 nitrogen and oxygen atoms in total. The van der Waals surface area contributed by atoms with Crippen molar-refractivity contribution >= 4 is 5.97 Å². The molecule has 1 aromatic rings.